The van der Waals surface area contributed by atoms with Crippen LogP contribution in [0.25, 0.3) is 0 Å². The average molecular weight is 367 g/mol. The molecule has 0 radical (unpaired) electrons. The van der Waals surface area contributed by atoms with Crippen molar-refractivity contribution in [2.75, 3.05) is 38.2 Å². The number of fused-ring (bicyclic) bond motifs is 1. The van der Waals surface area contributed by atoms with Crippen molar-refractivity contribution >= 4 is 5.95 Å². The second-order valence-corrected chi connectivity index (χ2v) is 7.84. The number of aryl methyl sites for hydroxylation is 1. The molecule has 1 saturated heterocycles. The van der Waals surface area contributed by atoms with Gasteiger partial charge in [0, 0.05) is 25.5 Å². The van der Waals surface area contributed by atoms with E-state index in [9.17, 15) is 0 Å². The molecule has 5 nitrogen and oxygen atoms in total. The van der Waals surface area contributed by atoms with Crippen LogP contribution in [-0.4, -0.2) is 43.3 Å². The maximum Gasteiger partial charge on any atom is 0.225 e. The van der Waals surface area contributed by atoms with Crippen molar-refractivity contribution in [2.45, 2.75) is 32.1 Å². The van der Waals surface area contributed by atoms with Crippen LogP contribution in [0, 0.1) is 11.8 Å². The van der Waals surface area contributed by atoms with Crippen molar-refractivity contribution < 1.29 is 4.74 Å². The molecule has 0 bridgehead atoms. The van der Waals surface area contributed by atoms with Crippen LogP contribution in [0.4, 0.5) is 5.95 Å². The number of rotatable bonds is 6. The fourth-order valence-electron chi connectivity index (χ4n) is 4.48. The lowest BCUT2D eigenvalue weighted by molar-refractivity contribution is 0.347. The minimum atomic E-state index is 0.714. The van der Waals surface area contributed by atoms with Gasteiger partial charge < -0.3 is 15.0 Å². The summed E-state index contributed by atoms with van der Waals surface area (Å²) in [5.74, 6) is 3.41. The first kappa shape index (κ1) is 18.2. The number of nitrogens with one attached hydrogen (secondary N) is 1. The van der Waals surface area contributed by atoms with E-state index in [-0.39, 0.29) is 0 Å². The summed E-state index contributed by atoms with van der Waals surface area (Å²) >= 11 is 0. The third kappa shape index (κ3) is 4.41. The molecule has 2 heterocycles. The van der Waals surface area contributed by atoms with Gasteiger partial charge >= 0.3 is 0 Å². The van der Waals surface area contributed by atoms with Crippen LogP contribution in [0.2, 0.25) is 0 Å². The summed E-state index contributed by atoms with van der Waals surface area (Å²) in [4.78, 5) is 11.1. The second kappa shape index (κ2) is 8.70. The fraction of sp³-hybridized carbons (Fsp3) is 0.545. The third-order valence-electron chi connectivity index (χ3n) is 6.08. The maximum absolute atomic E-state index is 5.57. The van der Waals surface area contributed by atoms with Gasteiger partial charge in [-0.1, -0.05) is 12.1 Å². The molecular weight excluding hydrogens is 336 g/mol. The maximum atomic E-state index is 5.57. The van der Waals surface area contributed by atoms with Gasteiger partial charge in [0.25, 0.3) is 0 Å². The second-order valence-electron chi connectivity index (χ2n) is 7.84. The van der Waals surface area contributed by atoms with Crippen LogP contribution >= 0.6 is 0 Å². The van der Waals surface area contributed by atoms with E-state index < -0.39 is 0 Å². The summed E-state index contributed by atoms with van der Waals surface area (Å²) < 4.78 is 5.57. The zero-order valence-corrected chi connectivity index (χ0v) is 16.2. The molecule has 1 unspecified atom stereocenters. The Morgan fingerprint density at radius 1 is 1.04 bits per heavy atom. The van der Waals surface area contributed by atoms with Crippen molar-refractivity contribution in [3.63, 3.8) is 0 Å². The Kier molecular flexibility index (Phi) is 5.87. The van der Waals surface area contributed by atoms with E-state index in [1.54, 1.807) is 7.11 Å². The normalized spacial score (nSPS) is 20.3. The van der Waals surface area contributed by atoms with Crippen LogP contribution in [0.5, 0.6) is 5.75 Å². The molecule has 2 aliphatic rings. The molecule has 1 N–H and O–H groups in total. The first-order valence-electron chi connectivity index (χ1n) is 10.2. The summed E-state index contributed by atoms with van der Waals surface area (Å²) in [5, 5.41) is 3.76. The van der Waals surface area contributed by atoms with Crippen molar-refractivity contribution in [1.29, 1.82) is 0 Å². The van der Waals surface area contributed by atoms with Crippen molar-refractivity contribution in [3.8, 4) is 5.75 Å². The van der Waals surface area contributed by atoms with E-state index in [2.05, 4.69) is 38.4 Å². The van der Waals surface area contributed by atoms with E-state index in [1.807, 2.05) is 18.5 Å². The fourth-order valence-corrected chi connectivity index (χ4v) is 4.48. The Balaban J connectivity index is 1.21. The zero-order chi connectivity index (χ0) is 18.5. The van der Waals surface area contributed by atoms with Crippen LogP contribution in [0.3, 0.4) is 0 Å². The quantitative estimate of drug-likeness (QED) is 0.851. The molecule has 2 aromatic rings. The number of methoxy groups -OCH3 is 1. The van der Waals surface area contributed by atoms with Gasteiger partial charge in [-0.15, -0.1) is 0 Å². The highest BCUT2D eigenvalue weighted by atomic mass is 16.5. The van der Waals surface area contributed by atoms with Gasteiger partial charge in [0.1, 0.15) is 5.75 Å². The SMILES string of the molecule is COc1cccc2c1CC(CNCC1CCN(c3ncccn3)CC1)CC2. The van der Waals surface area contributed by atoms with Crippen molar-refractivity contribution in [2.24, 2.45) is 11.8 Å². The molecule has 1 aromatic carbocycles. The lowest BCUT2D eigenvalue weighted by Gasteiger charge is -2.32. The molecule has 0 amide bonds. The smallest absolute Gasteiger partial charge is 0.225 e. The molecule has 5 heteroatoms. The Morgan fingerprint density at radius 3 is 2.59 bits per heavy atom. The molecular formula is C22H30N4O. The van der Waals surface area contributed by atoms with Gasteiger partial charge in [0.05, 0.1) is 7.11 Å². The van der Waals surface area contributed by atoms with Crippen molar-refractivity contribution in [3.05, 3.63) is 47.8 Å². The van der Waals surface area contributed by atoms with E-state index >= 15 is 0 Å². The minimum Gasteiger partial charge on any atom is -0.496 e. The van der Waals surface area contributed by atoms with Crippen LogP contribution < -0.4 is 15.0 Å². The van der Waals surface area contributed by atoms with E-state index in [0.717, 1.165) is 50.2 Å². The average Bonchev–Trinajstić information content (AvgIpc) is 2.74. The monoisotopic (exact) mass is 366 g/mol. The standard InChI is InChI=1S/C22H30N4O/c1-27-21-5-2-4-19-7-6-18(14-20(19)21)16-23-15-17-8-12-26(13-9-17)22-24-10-3-11-25-22/h2-5,10-11,17-18,23H,6-9,12-16H2,1H3. The first-order chi connectivity index (χ1) is 13.3. The summed E-state index contributed by atoms with van der Waals surface area (Å²) in [6.45, 7) is 4.35. The third-order valence-corrected chi connectivity index (χ3v) is 6.08. The van der Waals surface area contributed by atoms with Gasteiger partial charge in [0.15, 0.2) is 0 Å². The molecule has 144 valence electrons. The number of hydrogen-bond donors (Lipinski definition) is 1. The number of benzene rings is 1. The molecule has 27 heavy (non-hydrogen) atoms. The largest absolute Gasteiger partial charge is 0.496 e. The Labute approximate surface area is 162 Å². The molecule has 1 atom stereocenters. The van der Waals surface area contributed by atoms with Gasteiger partial charge in [-0.3, -0.25) is 0 Å². The van der Waals surface area contributed by atoms with Crippen LogP contribution in [-0.2, 0) is 12.8 Å². The lowest BCUT2D eigenvalue weighted by atomic mass is 9.83. The van der Waals surface area contributed by atoms with Gasteiger partial charge in [0.2, 0.25) is 5.95 Å². The van der Waals surface area contributed by atoms with Crippen molar-refractivity contribution in [1.82, 2.24) is 15.3 Å². The highest BCUT2D eigenvalue weighted by molar-refractivity contribution is 5.42. The molecule has 1 aliphatic heterocycles. The summed E-state index contributed by atoms with van der Waals surface area (Å²) in [6, 6.07) is 8.34. The molecule has 0 spiro atoms. The topological polar surface area (TPSA) is 50.3 Å². The summed E-state index contributed by atoms with van der Waals surface area (Å²) in [5.41, 5.74) is 2.90. The lowest BCUT2D eigenvalue weighted by Crippen LogP contribution is -2.39. The number of ether oxygens (including phenoxy) is 1. The summed E-state index contributed by atoms with van der Waals surface area (Å²) in [6.07, 6.45) is 9.67. The van der Waals surface area contributed by atoms with Crippen LogP contribution in [0.15, 0.2) is 36.7 Å². The van der Waals surface area contributed by atoms with E-state index in [0.29, 0.717) is 5.92 Å². The van der Waals surface area contributed by atoms with Gasteiger partial charge in [-0.25, -0.2) is 9.97 Å². The summed E-state index contributed by atoms with van der Waals surface area (Å²) in [7, 11) is 1.78. The molecule has 0 saturated carbocycles. The number of aromatic nitrogens is 2. The first-order valence-corrected chi connectivity index (χ1v) is 10.2. The highest BCUT2D eigenvalue weighted by Crippen LogP contribution is 2.32. The van der Waals surface area contributed by atoms with Crippen LogP contribution in [0.1, 0.15) is 30.4 Å². The number of anilines is 1. The molecule has 1 aromatic heterocycles. The predicted octanol–water partition coefficient (Wildman–Crippen LogP) is 3.10. The highest BCUT2D eigenvalue weighted by Gasteiger charge is 2.23. The number of hydrogen-bond acceptors (Lipinski definition) is 5. The Morgan fingerprint density at radius 2 is 1.81 bits per heavy atom. The molecule has 1 fully saturated rings. The Hall–Kier alpha value is -2.14. The molecule has 1 aliphatic carbocycles. The van der Waals surface area contributed by atoms with Gasteiger partial charge in [-0.2, -0.15) is 0 Å². The molecule has 4 rings (SSSR count). The minimum absolute atomic E-state index is 0.714. The Bertz CT molecular complexity index is 714. The van der Waals surface area contributed by atoms with Gasteiger partial charge in [-0.05, 0) is 80.3 Å². The number of piperidine rings is 1. The zero-order valence-electron chi connectivity index (χ0n) is 16.2. The number of nitrogens with zero attached hydrogens (tertiary/aromatic N) is 3. The predicted molar refractivity (Wildman–Crippen MR) is 108 cm³/mol. The van der Waals surface area contributed by atoms with E-state index in [4.69, 9.17) is 4.74 Å². The van der Waals surface area contributed by atoms with E-state index in [1.165, 1.54) is 36.8 Å².